The summed E-state index contributed by atoms with van der Waals surface area (Å²) in [4.78, 5) is 15.4. The van der Waals surface area contributed by atoms with Crippen LogP contribution in [0.5, 0.6) is 0 Å². The third kappa shape index (κ3) is 3.69. The van der Waals surface area contributed by atoms with Gasteiger partial charge in [0.15, 0.2) is 0 Å². The van der Waals surface area contributed by atoms with Gasteiger partial charge in [-0.15, -0.1) is 0 Å². The van der Waals surface area contributed by atoms with Gasteiger partial charge in [0.1, 0.15) is 11.9 Å². The van der Waals surface area contributed by atoms with Crippen molar-refractivity contribution in [2.45, 2.75) is 19.6 Å². The van der Waals surface area contributed by atoms with Crippen molar-refractivity contribution >= 4 is 17.5 Å². The predicted octanol–water partition coefficient (Wildman–Crippen LogP) is 1.50. The number of aliphatic hydroxyl groups excluding tert-OH is 1. The summed E-state index contributed by atoms with van der Waals surface area (Å²) in [5, 5.41) is 9.40. The van der Waals surface area contributed by atoms with Crippen LogP contribution in [0.1, 0.15) is 12.5 Å². The average Bonchev–Trinajstić information content (AvgIpc) is 2.43. The van der Waals surface area contributed by atoms with Gasteiger partial charge in [0.25, 0.3) is 5.91 Å². The number of carbonyl (C=O) groups excluding carboxylic acids is 1. The molecule has 0 radical (unpaired) electrons. The molecule has 1 amide bonds. The van der Waals surface area contributed by atoms with Gasteiger partial charge in [-0.1, -0.05) is 17.7 Å². The van der Waals surface area contributed by atoms with Crippen LogP contribution in [0.25, 0.3) is 0 Å². The number of hydrogen-bond donors (Lipinski definition) is 1. The Hall–Kier alpha value is -1.17. The van der Waals surface area contributed by atoms with Crippen molar-refractivity contribution in [3.63, 3.8) is 0 Å². The Kier molecular flexibility index (Phi) is 4.96. The topological polar surface area (TPSA) is 43.8 Å². The summed E-state index contributed by atoms with van der Waals surface area (Å²) in [6.45, 7) is 4.70. The molecule has 0 saturated carbocycles. The summed E-state index contributed by atoms with van der Waals surface area (Å²) in [6, 6.07) is 4.80. The largest absolute Gasteiger partial charge is 0.384 e. The first-order chi connectivity index (χ1) is 9.47. The van der Waals surface area contributed by atoms with Crippen molar-refractivity contribution in [3.8, 4) is 0 Å². The van der Waals surface area contributed by atoms with E-state index in [0.29, 0.717) is 32.7 Å². The van der Waals surface area contributed by atoms with Gasteiger partial charge in [-0.3, -0.25) is 9.69 Å². The molecule has 1 fully saturated rings. The van der Waals surface area contributed by atoms with Gasteiger partial charge in [-0.05, 0) is 24.6 Å². The molecule has 2 rings (SSSR count). The van der Waals surface area contributed by atoms with Crippen LogP contribution >= 0.6 is 11.6 Å². The molecule has 1 unspecified atom stereocenters. The Morgan fingerprint density at radius 2 is 2.05 bits per heavy atom. The van der Waals surface area contributed by atoms with E-state index in [-0.39, 0.29) is 10.9 Å². The highest BCUT2D eigenvalue weighted by molar-refractivity contribution is 6.30. The van der Waals surface area contributed by atoms with Crippen LogP contribution in [0.4, 0.5) is 4.39 Å². The number of piperazine rings is 1. The number of halogens is 2. The van der Waals surface area contributed by atoms with Crippen LogP contribution in [0, 0.1) is 5.82 Å². The monoisotopic (exact) mass is 300 g/mol. The Balaban J connectivity index is 1.88. The Bertz CT molecular complexity index is 488. The molecule has 1 aromatic carbocycles. The number of rotatable bonds is 3. The highest BCUT2D eigenvalue weighted by Crippen LogP contribution is 2.17. The lowest BCUT2D eigenvalue weighted by molar-refractivity contribution is -0.141. The fourth-order valence-electron chi connectivity index (χ4n) is 2.29. The standard InChI is InChI=1S/C14H18ClFN2O2/c1-10(19)14(20)18-6-4-17(5-7-18)9-11-2-3-12(15)13(16)8-11/h2-3,8,10,19H,4-7,9H2,1H3. The third-order valence-electron chi connectivity index (χ3n) is 3.43. The molecule has 20 heavy (non-hydrogen) atoms. The highest BCUT2D eigenvalue weighted by atomic mass is 35.5. The van der Waals surface area contributed by atoms with Crippen molar-refractivity contribution in [2.75, 3.05) is 26.2 Å². The molecule has 0 aliphatic carbocycles. The molecular formula is C14H18ClFN2O2. The number of aliphatic hydroxyl groups is 1. The van der Waals surface area contributed by atoms with E-state index in [0.717, 1.165) is 5.56 Å². The zero-order chi connectivity index (χ0) is 14.7. The number of benzene rings is 1. The van der Waals surface area contributed by atoms with Gasteiger partial charge < -0.3 is 10.0 Å². The molecule has 6 heteroatoms. The maximum absolute atomic E-state index is 13.4. The van der Waals surface area contributed by atoms with Crippen molar-refractivity contribution in [2.24, 2.45) is 0 Å². The third-order valence-corrected chi connectivity index (χ3v) is 3.74. The van der Waals surface area contributed by atoms with E-state index in [1.54, 1.807) is 17.0 Å². The van der Waals surface area contributed by atoms with E-state index in [2.05, 4.69) is 4.90 Å². The van der Waals surface area contributed by atoms with Crippen LogP contribution in [-0.2, 0) is 11.3 Å². The summed E-state index contributed by atoms with van der Waals surface area (Å²) in [5.74, 6) is -0.644. The molecule has 1 aliphatic heterocycles. The van der Waals surface area contributed by atoms with E-state index < -0.39 is 11.9 Å². The predicted molar refractivity (Wildman–Crippen MR) is 74.9 cm³/mol. The summed E-state index contributed by atoms with van der Waals surface area (Å²) < 4.78 is 13.4. The average molecular weight is 301 g/mol. The zero-order valence-electron chi connectivity index (χ0n) is 11.4. The maximum atomic E-state index is 13.4. The molecule has 0 bridgehead atoms. The fraction of sp³-hybridized carbons (Fsp3) is 0.500. The molecule has 1 aliphatic rings. The van der Waals surface area contributed by atoms with Crippen molar-refractivity contribution in [1.82, 2.24) is 9.80 Å². The molecule has 1 N–H and O–H groups in total. The number of amides is 1. The lowest BCUT2D eigenvalue weighted by Crippen LogP contribution is -2.50. The van der Waals surface area contributed by atoms with E-state index in [1.807, 2.05) is 0 Å². The summed E-state index contributed by atoms with van der Waals surface area (Å²) in [5.41, 5.74) is 0.863. The minimum atomic E-state index is -0.952. The van der Waals surface area contributed by atoms with E-state index in [1.165, 1.54) is 13.0 Å². The van der Waals surface area contributed by atoms with Gasteiger partial charge in [0, 0.05) is 32.7 Å². The highest BCUT2D eigenvalue weighted by Gasteiger charge is 2.23. The first-order valence-corrected chi connectivity index (χ1v) is 6.98. The smallest absolute Gasteiger partial charge is 0.251 e. The second-order valence-electron chi connectivity index (χ2n) is 5.03. The number of carbonyl (C=O) groups is 1. The second-order valence-corrected chi connectivity index (χ2v) is 5.43. The van der Waals surface area contributed by atoms with Gasteiger partial charge >= 0.3 is 0 Å². The minimum Gasteiger partial charge on any atom is -0.384 e. The van der Waals surface area contributed by atoms with Gasteiger partial charge in [-0.2, -0.15) is 0 Å². The first-order valence-electron chi connectivity index (χ1n) is 6.60. The summed E-state index contributed by atoms with van der Waals surface area (Å²) >= 11 is 5.65. The molecule has 0 spiro atoms. The maximum Gasteiger partial charge on any atom is 0.251 e. The molecule has 1 heterocycles. The number of hydrogen-bond acceptors (Lipinski definition) is 3. The van der Waals surface area contributed by atoms with E-state index in [4.69, 9.17) is 11.6 Å². The van der Waals surface area contributed by atoms with Crippen LogP contribution in [0.2, 0.25) is 5.02 Å². The minimum absolute atomic E-state index is 0.126. The van der Waals surface area contributed by atoms with Gasteiger partial charge in [0.05, 0.1) is 5.02 Å². The van der Waals surface area contributed by atoms with Gasteiger partial charge in [0.2, 0.25) is 0 Å². The van der Waals surface area contributed by atoms with Crippen LogP contribution < -0.4 is 0 Å². The molecule has 1 saturated heterocycles. The van der Waals surface area contributed by atoms with Crippen LogP contribution in [0.3, 0.4) is 0 Å². The zero-order valence-corrected chi connectivity index (χ0v) is 12.1. The number of nitrogens with zero attached hydrogens (tertiary/aromatic N) is 2. The second kappa shape index (κ2) is 6.52. The Morgan fingerprint density at radius 3 is 2.60 bits per heavy atom. The van der Waals surface area contributed by atoms with Crippen LogP contribution in [-0.4, -0.2) is 53.1 Å². The summed E-state index contributed by atoms with van der Waals surface area (Å²) in [7, 11) is 0. The van der Waals surface area contributed by atoms with Crippen molar-refractivity contribution in [3.05, 3.63) is 34.6 Å². The molecule has 0 aromatic heterocycles. The lowest BCUT2D eigenvalue weighted by Gasteiger charge is -2.35. The molecule has 1 atom stereocenters. The van der Waals surface area contributed by atoms with E-state index >= 15 is 0 Å². The molecule has 110 valence electrons. The fourth-order valence-corrected chi connectivity index (χ4v) is 2.40. The van der Waals surface area contributed by atoms with Crippen molar-refractivity contribution in [1.29, 1.82) is 0 Å². The molecule has 4 nitrogen and oxygen atoms in total. The van der Waals surface area contributed by atoms with Crippen molar-refractivity contribution < 1.29 is 14.3 Å². The quantitative estimate of drug-likeness (QED) is 0.920. The Morgan fingerprint density at radius 1 is 1.40 bits per heavy atom. The lowest BCUT2D eigenvalue weighted by atomic mass is 10.2. The van der Waals surface area contributed by atoms with E-state index in [9.17, 15) is 14.3 Å². The van der Waals surface area contributed by atoms with Crippen LogP contribution in [0.15, 0.2) is 18.2 Å². The molecule has 1 aromatic rings. The van der Waals surface area contributed by atoms with Gasteiger partial charge in [-0.25, -0.2) is 4.39 Å². The molecular weight excluding hydrogens is 283 g/mol. The Labute approximate surface area is 122 Å². The normalized spacial score (nSPS) is 18.1. The first kappa shape index (κ1) is 15.2. The SMILES string of the molecule is CC(O)C(=O)N1CCN(Cc2ccc(Cl)c(F)c2)CC1. The summed E-state index contributed by atoms with van der Waals surface area (Å²) in [6.07, 6.45) is -0.952.